The van der Waals surface area contributed by atoms with Crippen molar-refractivity contribution in [1.29, 1.82) is 0 Å². The predicted octanol–water partition coefficient (Wildman–Crippen LogP) is -0.498. The topological polar surface area (TPSA) is 105 Å². The highest BCUT2D eigenvalue weighted by molar-refractivity contribution is 5.90. The number of esters is 1. The summed E-state index contributed by atoms with van der Waals surface area (Å²) in [5.41, 5.74) is 0. The Balaban J connectivity index is 2.90. The molecule has 1 saturated heterocycles. The number of nitrogens with zero attached hydrogens (tertiary/aromatic N) is 1. The fourth-order valence-corrected chi connectivity index (χ4v) is 2.29. The van der Waals surface area contributed by atoms with Crippen LogP contribution in [0.2, 0.25) is 0 Å². The second-order valence-corrected chi connectivity index (χ2v) is 5.28. The van der Waals surface area contributed by atoms with Crippen molar-refractivity contribution in [3.63, 3.8) is 0 Å². The van der Waals surface area contributed by atoms with E-state index < -0.39 is 36.2 Å². The van der Waals surface area contributed by atoms with E-state index in [0.29, 0.717) is 0 Å². The van der Waals surface area contributed by atoms with E-state index in [4.69, 9.17) is 0 Å². The summed E-state index contributed by atoms with van der Waals surface area (Å²) in [7, 11) is 2.43. The van der Waals surface area contributed by atoms with E-state index in [9.17, 15) is 19.5 Å². The molecule has 21 heavy (non-hydrogen) atoms. The molecule has 1 fully saturated rings. The van der Waals surface area contributed by atoms with E-state index in [1.54, 1.807) is 13.8 Å². The summed E-state index contributed by atoms with van der Waals surface area (Å²) in [6.45, 7) is 3.56. The first-order valence-electron chi connectivity index (χ1n) is 6.72. The van der Waals surface area contributed by atoms with Gasteiger partial charge in [-0.2, -0.15) is 0 Å². The van der Waals surface area contributed by atoms with Gasteiger partial charge in [-0.25, -0.2) is 9.59 Å². The summed E-state index contributed by atoms with van der Waals surface area (Å²) in [6, 6.07) is -1.67. The fourth-order valence-electron chi connectivity index (χ4n) is 2.29. The average Bonchev–Trinajstić information content (AvgIpc) is 2.84. The Morgan fingerprint density at radius 1 is 1.24 bits per heavy atom. The molecule has 2 N–H and O–H groups in total. The lowest BCUT2D eigenvalue weighted by atomic mass is 10.0. The Morgan fingerprint density at radius 2 is 1.86 bits per heavy atom. The van der Waals surface area contributed by atoms with Gasteiger partial charge in [0.1, 0.15) is 12.1 Å². The van der Waals surface area contributed by atoms with Crippen molar-refractivity contribution >= 4 is 18.0 Å². The van der Waals surface area contributed by atoms with E-state index in [-0.39, 0.29) is 18.9 Å². The summed E-state index contributed by atoms with van der Waals surface area (Å²) in [4.78, 5) is 36.8. The van der Waals surface area contributed by atoms with E-state index in [1.807, 2.05) is 0 Å². The van der Waals surface area contributed by atoms with E-state index in [0.717, 1.165) is 0 Å². The smallest absolute Gasteiger partial charge is 0.407 e. The third-order valence-electron chi connectivity index (χ3n) is 3.43. The van der Waals surface area contributed by atoms with Crippen LogP contribution in [-0.4, -0.2) is 66.9 Å². The lowest BCUT2D eigenvalue weighted by molar-refractivity contribution is -0.151. The number of methoxy groups -OCH3 is 2. The van der Waals surface area contributed by atoms with Crippen molar-refractivity contribution < 1.29 is 29.0 Å². The Labute approximate surface area is 123 Å². The summed E-state index contributed by atoms with van der Waals surface area (Å²) >= 11 is 0. The van der Waals surface area contributed by atoms with Crippen LogP contribution in [0.4, 0.5) is 4.79 Å². The maximum atomic E-state index is 12.6. The zero-order valence-corrected chi connectivity index (χ0v) is 12.7. The number of carbonyl (C=O) groups is 3. The number of alkyl carbamates (subject to hydrolysis) is 1. The maximum Gasteiger partial charge on any atom is 0.407 e. The van der Waals surface area contributed by atoms with E-state index in [1.165, 1.54) is 19.1 Å². The standard InChI is InChI=1S/C13H22N2O6/c1-7(2)10(14-13(19)21-4)11(17)15-6-8(16)5-9(15)12(18)20-3/h7-10,16H,5-6H2,1-4H3,(H,14,19)/t8?,9?,10-/m0/s1. The zero-order chi connectivity index (χ0) is 16.2. The molecule has 1 heterocycles. The van der Waals surface area contributed by atoms with Gasteiger partial charge < -0.3 is 24.8 Å². The van der Waals surface area contributed by atoms with Gasteiger partial charge in [0.2, 0.25) is 5.91 Å². The van der Waals surface area contributed by atoms with E-state index in [2.05, 4.69) is 14.8 Å². The molecule has 0 spiro atoms. The zero-order valence-electron chi connectivity index (χ0n) is 12.7. The van der Waals surface area contributed by atoms with Crippen molar-refractivity contribution in [2.45, 2.75) is 38.5 Å². The first-order chi connectivity index (χ1) is 9.81. The molecule has 0 bridgehead atoms. The highest BCUT2D eigenvalue weighted by Gasteiger charge is 2.42. The van der Waals surface area contributed by atoms with Crippen LogP contribution in [0.1, 0.15) is 20.3 Å². The number of β-amino-alcohol motifs (C(OH)–C–C–N with tert-alkyl or cyclic N) is 1. The van der Waals surface area contributed by atoms with Crippen LogP contribution in [0.25, 0.3) is 0 Å². The fraction of sp³-hybridized carbons (Fsp3) is 0.769. The summed E-state index contributed by atoms with van der Waals surface area (Å²) in [5.74, 6) is -1.23. The van der Waals surface area contributed by atoms with Crippen LogP contribution in [-0.2, 0) is 19.1 Å². The van der Waals surface area contributed by atoms with Crippen molar-refractivity contribution in [2.24, 2.45) is 5.92 Å². The quantitative estimate of drug-likeness (QED) is 0.678. The summed E-state index contributed by atoms with van der Waals surface area (Å²) in [6.07, 6.45) is -1.39. The highest BCUT2D eigenvalue weighted by Crippen LogP contribution is 2.21. The average molecular weight is 302 g/mol. The molecule has 1 aliphatic heterocycles. The molecule has 0 aliphatic carbocycles. The molecule has 8 heteroatoms. The van der Waals surface area contributed by atoms with Crippen LogP contribution < -0.4 is 5.32 Å². The van der Waals surface area contributed by atoms with Gasteiger partial charge in [-0.3, -0.25) is 4.79 Å². The summed E-state index contributed by atoms with van der Waals surface area (Å²) in [5, 5.41) is 12.1. The van der Waals surface area contributed by atoms with Crippen LogP contribution in [0.3, 0.4) is 0 Å². The lowest BCUT2D eigenvalue weighted by Gasteiger charge is -2.29. The highest BCUT2D eigenvalue weighted by atomic mass is 16.5. The molecule has 2 amide bonds. The SMILES string of the molecule is COC(=O)N[C@H](C(=O)N1CC(O)CC1C(=O)OC)C(C)C. The second kappa shape index (κ2) is 7.26. The molecule has 0 radical (unpaired) electrons. The van der Waals surface area contributed by atoms with E-state index >= 15 is 0 Å². The molecular formula is C13H22N2O6. The van der Waals surface area contributed by atoms with Crippen molar-refractivity contribution in [3.05, 3.63) is 0 Å². The largest absolute Gasteiger partial charge is 0.467 e. The molecule has 120 valence electrons. The Kier molecular flexibility index (Phi) is 5.95. The number of amides is 2. The van der Waals surface area contributed by atoms with Gasteiger partial charge in [-0.15, -0.1) is 0 Å². The van der Waals surface area contributed by atoms with Crippen LogP contribution in [0.15, 0.2) is 0 Å². The molecule has 0 aromatic rings. The van der Waals surface area contributed by atoms with Crippen LogP contribution in [0.5, 0.6) is 0 Å². The normalized spacial score (nSPS) is 22.9. The number of nitrogens with one attached hydrogen (secondary N) is 1. The number of ether oxygens (including phenoxy) is 2. The van der Waals surface area contributed by atoms with Crippen molar-refractivity contribution in [1.82, 2.24) is 10.2 Å². The van der Waals surface area contributed by atoms with Crippen molar-refractivity contribution in [3.8, 4) is 0 Å². The van der Waals surface area contributed by atoms with Gasteiger partial charge in [-0.1, -0.05) is 13.8 Å². The minimum Gasteiger partial charge on any atom is -0.467 e. The van der Waals surface area contributed by atoms with Crippen LogP contribution in [0, 0.1) is 5.92 Å². The third kappa shape index (κ3) is 4.07. The number of aliphatic hydroxyl groups excluding tert-OH is 1. The minimum absolute atomic E-state index is 0.0324. The number of rotatable bonds is 4. The van der Waals surface area contributed by atoms with Crippen LogP contribution >= 0.6 is 0 Å². The first-order valence-corrected chi connectivity index (χ1v) is 6.72. The molecule has 3 atom stereocenters. The molecule has 8 nitrogen and oxygen atoms in total. The summed E-state index contributed by atoms with van der Waals surface area (Å²) < 4.78 is 9.15. The number of carbonyl (C=O) groups excluding carboxylic acids is 3. The number of hydrogen-bond acceptors (Lipinski definition) is 6. The number of aliphatic hydroxyl groups is 1. The number of likely N-dealkylation sites (tertiary alicyclic amines) is 1. The van der Waals surface area contributed by atoms with Gasteiger partial charge in [0.25, 0.3) is 0 Å². The molecule has 1 aliphatic rings. The predicted molar refractivity (Wildman–Crippen MR) is 72.3 cm³/mol. The monoisotopic (exact) mass is 302 g/mol. The molecule has 0 aromatic carbocycles. The molecule has 0 aromatic heterocycles. The van der Waals surface area contributed by atoms with Gasteiger partial charge in [-0.05, 0) is 5.92 Å². The Bertz CT molecular complexity index is 411. The number of hydrogen-bond donors (Lipinski definition) is 2. The lowest BCUT2D eigenvalue weighted by Crippen LogP contribution is -2.54. The molecule has 2 unspecified atom stereocenters. The van der Waals surface area contributed by atoms with Gasteiger partial charge in [0.05, 0.1) is 20.3 Å². The Morgan fingerprint density at radius 3 is 2.33 bits per heavy atom. The molecular weight excluding hydrogens is 280 g/mol. The first kappa shape index (κ1) is 17.2. The van der Waals surface area contributed by atoms with Gasteiger partial charge in [0.15, 0.2) is 0 Å². The molecule has 1 rings (SSSR count). The maximum absolute atomic E-state index is 12.6. The Hall–Kier alpha value is -1.83. The second-order valence-electron chi connectivity index (χ2n) is 5.28. The minimum atomic E-state index is -0.838. The third-order valence-corrected chi connectivity index (χ3v) is 3.43. The molecule has 0 saturated carbocycles. The van der Waals surface area contributed by atoms with Crippen molar-refractivity contribution in [2.75, 3.05) is 20.8 Å². The van der Waals surface area contributed by atoms with Gasteiger partial charge >= 0.3 is 12.1 Å². The van der Waals surface area contributed by atoms with Gasteiger partial charge in [0, 0.05) is 13.0 Å².